The van der Waals surface area contributed by atoms with E-state index >= 15 is 0 Å². The van der Waals surface area contributed by atoms with Gasteiger partial charge in [-0.3, -0.25) is 9.48 Å². The Balaban J connectivity index is 1.89. The van der Waals surface area contributed by atoms with Crippen molar-refractivity contribution in [1.29, 1.82) is 0 Å². The fourth-order valence-electron chi connectivity index (χ4n) is 2.18. The van der Waals surface area contributed by atoms with Crippen LogP contribution in [0.3, 0.4) is 0 Å². The van der Waals surface area contributed by atoms with Crippen molar-refractivity contribution in [2.75, 3.05) is 39.3 Å². The first-order chi connectivity index (χ1) is 10.2. The summed E-state index contributed by atoms with van der Waals surface area (Å²) in [6.45, 7) is 5.50. The summed E-state index contributed by atoms with van der Waals surface area (Å²) in [6.07, 6.45) is 1.60. The van der Waals surface area contributed by atoms with Gasteiger partial charge in [0.15, 0.2) is 5.69 Å². The van der Waals surface area contributed by atoms with Gasteiger partial charge in [0.25, 0.3) is 5.91 Å². The van der Waals surface area contributed by atoms with Gasteiger partial charge in [-0.05, 0) is 6.92 Å². The summed E-state index contributed by atoms with van der Waals surface area (Å²) in [5.74, 6) is -0.158. The van der Waals surface area contributed by atoms with Gasteiger partial charge in [-0.2, -0.15) is 0 Å². The lowest BCUT2D eigenvalue weighted by Crippen LogP contribution is -2.53. The molecule has 1 aromatic heterocycles. The molecule has 0 atom stereocenters. The van der Waals surface area contributed by atoms with Crippen molar-refractivity contribution in [2.45, 2.75) is 13.5 Å². The van der Waals surface area contributed by atoms with Crippen LogP contribution in [0.1, 0.15) is 17.4 Å². The minimum absolute atomic E-state index is 0.0847. The molecule has 0 unspecified atom stereocenters. The maximum absolute atomic E-state index is 12.3. The molecule has 3 amide bonds. The molecule has 1 aromatic rings. The monoisotopic (exact) mass is 295 g/mol. The predicted octanol–water partition coefficient (Wildman–Crippen LogP) is -1.28. The summed E-state index contributed by atoms with van der Waals surface area (Å²) < 4.78 is 1.55. The van der Waals surface area contributed by atoms with E-state index < -0.39 is 0 Å². The predicted molar refractivity (Wildman–Crippen MR) is 75.6 cm³/mol. The summed E-state index contributed by atoms with van der Waals surface area (Å²) in [5.41, 5.74) is 5.74. The molecule has 116 valence electrons. The molecule has 0 bridgehead atoms. The van der Waals surface area contributed by atoms with Gasteiger partial charge in [0.1, 0.15) is 0 Å². The van der Waals surface area contributed by atoms with Crippen LogP contribution in [0.5, 0.6) is 0 Å². The Morgan fingerprint density at radius 3 is 2.57 bits per heavy atom. The minimum Gasteiger partial charge on any atom is -0.338 e. The van der Waals surface area contributed by atoms with Crippen molar-refractivity contribution in [1.82, 2.24) is 30.1 Å². The van der Waals surface area contributed by atoms with E-state index in [1.807, 2.05) is 6.92 Å². The van der Waals surface area contributed by atoms with Crippen LogP contribution in [0.4, 0.5) is 4.79 Å². The van der Waals surface area contributed by atoms with Gasteiger partial charge in [-0.1, -0.05) is 5.21 Å². The Kier molecular flexibility index (Phi) is 5.09. The second-order valence-corrected chi connectivity index (χ2v) is 4.77. The minimum atomic E-state index is -0.158. The van der Waals surface area contributed by atoms with Gasteiger partial charge in [-0.25, -0.2) is 4.79 Å². The third-order valence-electron chi connectivity index (χ3n) is 3.30. The van der Waals surface area contributed by atoms with Crippen molar-refractivity contribution in [3.63, 3.8) is 0 Å². The van der Waals surface area contributed by atoms with Crippen LogP contribution in [0.25, 0.3) is 0 Å². The highest BCUT2D eigenvalue weighted by Gasteiger charge is 2.25. The van der Waals surface area contributed by atoms with E-state index in [2.05, 4.69) is 15.6 Å². The number of urea groups is 1. The number of nitrogens with two attached hydrogens (primary N) is 1. The highest BCUT2D eigenvalue weighted by molar-refractivity contribution is 5.92. The molecular weight excluding hydrogens is 274 g/mol. The van der Waals surface area contributed by atoms with Crippen LogP contribution in [-0.2, 0) is 6.54 Å². The Labute approximate surface area is 123 Å². The summed E-state index contributed by atoms with van der Waals surface area (Å²) >= 11 is 0. The first-order valence-corrected chi connectivity index (χ1v) is 7.08. The molecule has 3 N–H and O–H groups in total. The van der Waals surface area contributed by atoms with Gasteiger partial charge in [0.05, 0.1) is 12.7 Å². The van der Waals surface area contributed by atoms with Crippen LogP contribution in [0.2, 0.25) is 0 Å². The Morgan fingerprint density at radius 2 is 1.95 bits per heavy atom. The number of amides is 3. The van der Waals surface area contributed by atoms with E-state index in [1.54, 1.807) is 20.7 Å². The molecule has 0 radical (unpaired) electrons. The van der Waals surface area contributed by atoms with E-state index in [-0.39, 0.29) is 11.9 Å². The summed E-state index contributed by atoms with van der Waals surface area (Å²) in [5, 5.41) is 10.5. The van der Waals surface area contributed by atoms with Crippen molar-refractivity contribution in [2.24, 2.45) is 5.73 Å². The zero-order valence-corrected chi connectivity index (χ0v) is 12.2. The number of piperazine rings is 1. The van der Waals surface area contributed by atoms with Crippen LogP contribution in [0.15, 0.2) is 6.20 Å². The molecule has 0 saturated carbocycles. The number of rotatable bonds is 4. The largest absolute Gasteiger partial charge is 0.338 e. The second kappa shape index (κ2) is 7.02. The molecular formula is C12H21N7O2. The highest BCUT2D eigenvalue weighted by Crippen LogP contribution is 2.07. The Morgan fingerprint density at radius 1 is 1.29 bits per heavy atom. The molecule has 1 aliphatic heterocycles. The third kappa shape index (κ3) is 3.69. The molecule has 9 nitrogen and oxygen atoms in total. The Hall–Kier alpha value is -2.16. The SMILES string of the molecule is CCNC(=O)N1CCN(C(=O)c2cn(CCN)nn2)CC1. The zero-order valence-electron chi connectivity index (χ0n) is 12.2. The zero-order chi connectivity index (χ0) is 15.2. The smallest absolute Gasteiger partial charge is 0.317 e. The second-order valence-electron chi connectivity index (χ2n) is 4.77. The molecule has 21 heavy (non-hydrogen) atoms. The van der Waals surface area contributed by atoms with Gasteiger partial charge < -0.3 is 20.9 Å². The Bertz CT molecular complexity index is 494. The van der Waals surface area contributed by atoms with Crippen molar-refractivity contribution < 1.29 is 9.59 Å². The van der Waals surface area contributed by atoms with E-state index in [0.29, 0.717) is 51.5 Å². The number of nitrogens with one attached hydrogen (secondary N) is 1. The highest BCUT2D eigenvalue weighted by atomic mass is 16.2. The standard InChI is InChI=1S/C12H21N7O2/c1-2-14-12(21)18-7-5-17(6-8-18)11(20)10-9-19(4-3-13)16-15-10/h9H,2-8,13H2,1H3,(H,14,21). The number of nitrogens with zero attached hydrogens (tertiary/aromatic N) is 5. The van der Waals surface area contributed by atoms with Gasteiger partial charge >= 0.3 is 6.03 Å². The van der Waals surface area contributed by atoms with E-state index in [4.69, 9.17) is 5.73 Å². The van der Waals surface area contributed by atoms with Crippen molar-refractivity contribution >= 4 is 11.9 Å². The molecule has 2 rings (SSSR count). The number of hydrogen-bond donors (Lipinski definition) is 2. The van der Waals surface area contributed by atoms with Crippen molar-refractivity contribution in [3.05, 3.63) is 11.9 Å². The molecule has 2 heterocycles. The van der Waals surface area contributed by atoms with E-state index in [1.165, 1.54) is 0 Å². The van der Waals surface area contributed by atoms with Gasteiger partial charge in [0, 0.05) is 39.3 Å². The fourth-order valence-corrected chi connectivity index (χ4v) is 2.18. The molecule has 0 aromatic carbocycles. The molecule has 0 spiro atoms. The maximum Gasteiger partial charge on any atom is 0.317 e. The summed E-state index contributed by atoms with van der Waals surface area (Å²) in [7, 11) is 0. The van der Waals surface area contributed by atoms with Gasteiger partial charge in [0.2, 0.25) is 0 Å². The van der Waals surface area contributed by atoms with Crippen LogP contribution >= 0.6 is 0 Å². The summed E-state index contributed by atoms with van der Waals surface area (Å²) in [6, 6.07) is -0.0847. The first-order valence-electron chi connectivity index (χ1n) is 7.08. The number of aromatic nitrogens is 3. The number of carbonyl (C=O) groups is 2. The normalized spacial score (nSPS) is 15.1. The van der Waals surface area contributed by atoms with Gasteiger partial charge in [-0.15, -0.1) is 5.10 Å². The lowest BCUT2D eigenvalue weighted by Gasteiger charge is -2.34. The molecule has 1 saturated heterocycles. The molecule has 9 heteroatoms. The summed E-state index contributed by atoms with van der Waals surface area (Å²) in [4.78, 5) is 27.4. The maximum atomic E-state index is 12.3. The topological polar surface area (TPSA) is 109 Å². The quantitative estimate of drug-likeness (QED) is 0.719. The lowest BCUT2D eigenvalue weighted by atomic mass is 10.3. The van der Waals surface area contributed by atoms with Crippen LogP contribution in [0, 0.1) is 0 Å². The first kappa shape index (κ1) is 15.2. The molecule has 1 fully saturated rings. The van der Waals surface area contributed by atoms with Crippen LogP contribution < -0.4 is 11.1 Å². The van der Waals surface area contributed by atoms with E-state index in [9.17, 15) is 9.59 Å². The molecule has 1 aliphatic rings. The average molecular weight is 295 g/mol. The van der Waals surface area contributed by atoms with Crippen LogP contribution in [-0.4, -0.2) is 76.0 Å². The molecule has 0 aliphatic carbocycles. The number of carbonyl (C=O) groups excluding carboxylic acids is 2. The average Bonchev–Trinajstić information content (AvgIpc) is 2.96. The number of hydrogen-bond acceptors (Lipinski definition) is 5. The van der Waals surface area contributed by atoms with Crippen molar-refractivity contribution in [3.8, 4) is 0 Å². The fraction of sp³-hybridized carbons (Fsp3) is 0.667. The lowest BCUT2D eigenvalue weighted by molar-refractivity contribution is 0.0659. The third-order valence-corrected chi connectivity index (χ3v) is 3.30. The van der Waals surface area contributed by atoms with E-state index in [0.717, 1.165) is 0 Å².